The molecule has 10 nitrogen and oxygen atoms in total. The minimum Gasteiger partial charge on any atom is -0.449 e. The van der Waals surface area contributed by atoms with Gasteiger partial charge in [0.1, 0.15) is 6.10 Å². The number of hydrogen-bond donors (Lipinski definition) is 4. The average molecular weight is 662 g/mol. The number of sulfonamides is 1. The number of aromatic nitrogens is 1. The van der Waals surface area contributed by atoms with Gasteiger partial charge in [0, 0.05) is 59.6 Å². The number of rotatable bonds is 11. The van der Waals surface area contributed by atoms with Gasteiger partial charge < -0.3 is 20.7 Å². The molecule has 44 heavy (non-hydrogen) atoms. The van der Waals surface area contributed by atoms with E-state index in [1.165, 1.54) is 17.4 Å². The fourth-order valence-corrected chi connectivity index (χ4v) is 8.12. The third-order valence-corrected chi connectivity index (χ3v) is 10.2. The van der Waals surface area contributed by atoms with Crippen molar-refractivity contribution in [2.24, 2.45) is 0 Å². The van der Waals surface area contributed by atoms with Crippen molar-refractivity contribution in [1.29, 1.82) is 0 Å². The molecule has 1 fully saturated rings. The van der Waals surface area contributed by atoms with Crippen LogP contribution >= 0.6 is 22.9 Å². The second kappa shape index (κ2) is 14.8. The Morgan fingerprint density at radius 2 is 1.80 bits per heavy atom. The molecule has 1 aliphatic rings. The minimum atomic E-state index is -3.94. The molecule has 0 saturated heterocycles. The topological polar surface area (TPSA) is 139 Å². The SMILES string of the molecule is CC(CNC1CCC(c2ncc(-c3ccc(NC(=O)NCc4ccccc4)cc3S(=O)(=O)NC(C)(C)C)s2)CC1)OC(=O)Cl. The van der Waals surface area contributed by atoms with Gasteiger partial charge in [-0.15, -0.1) is 11.3 Å². The van der Waals surface area contributed by atoms with Gasteiger partial charge in [-0.25, -0.2) is 27.7 Å². The van der Waals surface area contributed by atoms with Crippen LogP contribution < -0.4 is 20.7 Å². The number of nitrogens with zero attached hydrogens (tertiary/aromatic N) is 1. The van der Waals surface area contributed by atoms with E-state index < -0.39 is 27.0 Å². The number of benzene rings is 2. The van der Waals surface area contributed by atoms with Crippen LogP contribution in [0, 0.1) is 0 Å². The fourth-order valence-electron chi connectivity index (χ4n) is 5.12. The zero-order valence-corrected chi connectivity index (χ0v) is 27.7. The molecule has 0 bridgehead atoms. The minimum absolute atomic E-state index is 0.0724. The molecule has 1 aromatic heterocycles. The molecule has 238 valence electrons. The highest BCUT2D eigenvalue weighted by Crippen LogP contribution is 2.40. The van der Waals surface area contributed by atoms with Crippen molar-refractivity contribution in [2.75, 3.05) is 11.9 Å². The Balaban J connectivity index is 1.47. The third-order valence-electron chi connectivity index (χ3n) is 7.12. The Kier molecular flexibility index (Phi) is 11.4. The Hall–Kier alpha value is -3.03. The Labute approximate surface area is 268 Å². The van der Waals surface area contributed by atoms with Crippen LogP contribution in [0.5, 0.6) is 0 Å². The number of carbonyl (C=O) groups is 2. The predicted octanol–water partition coefficient (Wildman–Crippen LogP) is 6.59. The molecule has 3 aromatic rings. The van der Waals surface area contributed by atoms with Crippen molar-refractivity contribution in [3.05, 3.63) is 65.3 Å². The first-order valence-electron chi connectivity index (χ1n) is 14.6. The summed E-state index contributed by atoms with van der Waals surface area (Å²) in [6.07, 6.45) is 5.20. The highest BCUT2D eigenvalue weighted by atomic mass is 35.5. The van der Waals surface area contributed by atoms with Crippen LogP contribution in [0.25, 0.3) is 10.4 Å². The van der Waals surface area contributed by atoms with Crippen LogP contribution in [0.15, 0.2) is 59.6 Å². The van der Waals surface area contributed by atoms with Gasteiger partial charge in [-0.3, -0.25) is 0 Å². The molecule has 1 aliphatic carbocycles. The van der Waals surface area contributed by atoms with E-state index in [9.17, 15) is 18.0 Å². The summed E-state index contributed by atoms with van der Waals surface area (Å²) in [5, 5.41) is 9.98. The van der Waals surface area contributed by atoms with Gasteiger partial charge >= 0.3 is 11.5 Å². The highest BCUT2D eigenvalue weighted by molar-refractivity contribution is 7.89. The molecule has 0 spiro atoms. The maximum absolute atomic E-state index is 13.6. The lowest BCUT2D eigenvalue weighted by Crippen LogP contribution is -2.40. The lowest BCUT2D eigenvalue weighted by molar-refractivity contribution is 0.126. The van der Waals surface area contributed by atoms with Gasteiger partial charge in [-0.05, 0) is 71.1 Å². The second-order valence-corrected chi connectivity index (χ2v) is 15.1. The number of ether oxygens (including phenoxy) is 1. The number of urea groups is 1. The van der Waals surface area contributed by atoms with E-state index in [4.69, 9.17) is 21.3 Å². The average Bonchev–Trinajstić information content (AvgIpc) is 3.44. The van der Waals surface area contributed by atoms with E-state index in [1.807, 2.05) is 30.3 Å². The van der Waals surface area contributed by atoms with Gasteiger partial charge in [0.2, 0.25) is 10.0 Å². The molecule has 4 N–H and O–H groups in total. The normalized spacial score (nSPS) is 17.9. The first-order chi connectivity index (χ1) is 20.8. The molecule has 2 amide bonds. The number of amides is 2. The quantitative estimate of drug-likeness (QED) is 0.170. The third kappa shape index (κ3) is 10.00. The van der Waals surface area contributed by atoms with Crippen LogP contribution in [-0.2, 0) is 21.3 Å². The summed E-state index contributed by atoms with van der Waals surface area (Å²) in [7, 11) is -3.94. The maximum Gasteiger partial charge on any atom is 0.404 e. The maximum atomic E-state index is 13.6. The fraction of sp³-hybridized carbons (Fsp3) is 0.452. The second-order valence-electron chi connectivity index (χ2n) is 12.0. The Morgan fingerprint density at radius 3 is 2.45 bits per heavy atom. The molecule has 2 aromatic carbocycles. The first kappa shape index (κ1) is 33.9. The smallest absolute Gasteiger partial charge is 0.404 e. The van der Waals surface area contributed by atoms with E-state index in [0.29, 0.717) is 30.4 Å². The summed E-state index contributed by atoms with van der Waals surface area (Å²) < 4.78 is 34.9. The number of hydrogen-bond acceptors (Lipinski definition) is 8. The van der Waals surface area contributed by atoms with Crippen LogP contribution in [0.3, 0.4) is 0 Å². The molecule has 1 atom stereocenters. The molecular formula is C31H40ClN5O5S2. The van der Waals surface area contributed by atoms with Gasteiger partial charge in [0.15, 0.2) is 0 Å². The van der Waals surface area contributed by atoms with Crippen molar-refractivity contribution in [3.63, 3.8) is 0 Å². The molecule has 13 heteroatoms. The monoisotopic (exact) mass is 661 g/mol. The largest absolute Gasteiger partial charge is 0.449 e. The van der Waals surface area contributed by atoms with Crippen molar-refractivity contribution in [2.45, 2.75) is 88.4 Å². The van der Waals surface area contributed by atoms with Gasteiger partial charge in [0.05, 0.1) is 14.8 Å². The van der Waals surface area contributed by atoms with E-state index in [0.717, 1.165) is 41.1 Å². The summed E-state index contributed by atoms with van der Waals surface area (Å²) in [4.78, 5) is 29.1. The molecular weight excluding hydrogens is 622 g/mol. The lowest BCUT2D eigenvalue weighted by Gasteiger charge is -2.29. The predicted molar refractivity (Wildman–Crippen MR) is 175 cm³/mol. The van der Waals surface area contributed by atoms with Crippen LogP contribution in [0.1, 0.15) is 69.9 Å². The standard InChI is InChI=1S/C31H40ClN5O5S2/c1-20(42-29(32)38)17-33-23-12-10-22(11-13-23)28-34-19-26(43-28)25-15-14-24(16-27(25)44(40,41)37-31(2,3)4)36-30(39)35-18-21-8-6-5-7-9-21/h5-9,14-16,19-20,22-23,33,37H,10-13,17-18H2,1-4H3,(H2,35,36,39). The molecule has 1 heterocycles. The van der Waals surface area contributed by atoms with Crippen molar-refractivity contribution >= 4 is 50.1 Å². The summed E-state index contributed by atoms with van der Waals surface area (Å²) in [6, 6.07) is 14.3. The molecule has 0 aliphatic heterocycles. The summed E-state index contributed by atoms with van der Waals surface area (Å²) in [5.41, 5.74) is 0.327. The molecule has 4 rings (SSSR count). The number of nitrogens with one attached hydrogen (secondary N) is 4. The number of halogens is 1. The van der Waals surface area contributed by atoms with Crippen LogP contribution in [0.2, 0.25) is 0 Å². The van der Waals surface area contributed by atoms with Gasteiger partial charge in [-0.1, -0.05) is 36.4 Å². The highest BCUT2D eigenvalue weighted by Gasteiger charge is 2.28. The van der Waals surface area contributed by atoms with Crippen LogP contribution in [0.4, 0.5) is 15.3 Å². The van der Waals surface area contributed by atoms with Crippen molar-refractivity contribution in [1.82, 2.24) is 20.3 Å². The number of carbonyl (C=O) groups excluding carboxylic acids is 2. The first-order valence-corrected chi connectivity index (χ1v) is 17.3. The lowest BCUT2D eigenvalue weighted by atomic mass is 9.86. The molecule has 1 saturated carbocycles. The zero-order chi connectivity index (χ0) is 31.9. The van der Waals surface area contributed by atoms with Crippen molar-refractivity contribution in [3.8, 4) is 10.4 Å². The van der Waals surface area contributed by atoms with E-state index in [-0.39, 0.29) is 16.9 Å². The van der Waals surface area contributed by atoms with E-state index >= 15 is 0 Å². The Morgan fingerprint density at radius 1 is 1.09 bits per heavy atom. The Bertz CT molecular complexity index is 1530. The molecule has 1 unspecified atom stereocenters. The molecule has 0 radical (unpaired) electrons. The summed E-state index contributed by atoms with van der Waals surface area (Å²) in [5.74, 6) is 0.270. The summed E-state index contributed by atoms with van der Waals surface area (Å²) >= 11 is 6.79. The van der Waals surface area contributed by atoms with Gasteiger partial charge in [0.25, 0.3) is 0 Å². The number of thiazole rings is 1. The summed E-state index contributed by atoms with van der Waals surface area (Å²) in [6.45, 7) is 8.02. The zero-order valence-electron chi connectivity index (χ0n) is 25.4. The van der Waals surface area contributed by atoms with Gasteiger partial charge in [-0.2, -0.15) is 0 Å². The van der Waals surface area contributed by atoms with Crippen molar-refractivity contribution < 1.29 is 22.7 Å². The number of anilines is 1. The van der Waals surface area contributed by atoms with E-state index in [2.05, 4.69) is 20.7 Å². The van der Waals surface area contributed by atoms with Crippen LogP contribution in [-0.4, -0.2) is 49.1 Å². The van der Waals surface area contributed by atoms with E-state index in [1.54, 1.807) is 46.0 Å².